The fraction of sp³-hybridized carbons (Fsp3) is 0.444. The van der Waals surface area contributed by atoms with Crippen LogP contribution in [0.4, 0.5) is 0 Å². The van der Waals surface area contributed by atoms with E-state index in [0.29, 0.717) is 0 Å². The Morgan fingerprint density at radius 2 is 2.54 bits per heavy atom. The Hall–Kier alpha value is -0.870. The average Bonchev–Trinajstić information content (AvgIpc) is 2.59. The second-order valence-corrected chi connectivity index (χ2v) is 4.20. The molecule has 0 saturated heterocycles. The summed E-state index contributed by atoms with van der Waals surface area (Å²) in [5.41, 5.74) is 1.29. The van der Waals surface area contributed by atoms with E-state index in [0.717, 1.165) is 24.4 Å². The minimum atomic E-state index is 0.0272. The Bertz CT molecular complexity index is 309. The number of rotatable bonds is 1. The van der Waals surface area contributed by atoms with Crippen LogP contribution in [0.2, 0.25) is 0 Å². The van der Waals surface area contributed by atoms with Gasteiger partial charge in [-0.1, -0.05) is 0 Å². The van der Waals surface area contributed by atoms with E-state index in [9.17, 15) is 4.79 Å². The van der Waals surface area contributed by atoms with Gasteiger partial charge in [-0.15, -0.1) is 11.3 Å². The van der Waals surface area contributed by atoms with Gasteiger partial charge in [0.25, 0.3) is 5.91 Å². The van der Waals surface area contributed by atoms with Crippen molar-refractivity contribution in [2.24, 2.45) is 0 Å². The minimum Gasteiger partial charge on any atom is -0.354 e. The van der Waals surface area contributed by atoms with E-state index in [-0.39, 0.29) is 5.91 Å². The van der Waals surface area contributed by atoms with Crippen LogP contribution in [0.5, 0.6) is 0 Å². The lowest BCUT2D eigenvalue weighted by molar-refractivity contribution is 0.0967. The molecular weight excluding hydrogens is 184 g/mol. The van der Waals surface area contributed by atoms with Gasteiger partial charge in [0, 0.05) is 25.0 Å². The lowest BCUT2D eigenvalue weighted by atomic mass is 10.1. The topological polar surface area (TPSA) is 41.1 Å². The largest absolute Gasteiger partial charge is 0.354 e. The van der Waals surface area contributed by atoms with Crippen LogP contribution in [0.15, 0.2) is 6.07 Å². The van der Waals surface area contributed by atoms with Gasteiger partial charge in [0.05, 0.1) is 4.88 Å². The molecule has 0 spiro atoms. The van der Waals surface area contributed by atoms with Crippen molar-refractivity contribution in [3.05, 3.63) is 21.4 Å². The summed E-state index contributed by atoms with van der Waals surface area (Å²) in [6.45, 7) is 1.93. The van der Waals surface area contributed by atoms with Gasteiger partial charge in [0.15, 0.2) is 0 Å². The van der Waals surface area contributed by atoms with Crippen molar-refractivity contribution >= 4 is 17.2 Å². The first-order valence-corrected chi connectivity index (χ1v) is 5.17. The summed E-state index contributed by atoms with van der Waals surface area (Å²) in [4.78, 5) is 13.5. The Labute approximate surface area is 81.2 Å². The number of thiophene rings is 1. The monoisotopic (exact) mass is 196 g/mol. The number of carbonyl (C=O) groups excluding carboxylic acids is 1. The first-order chi connectivity index (χ1) is 6.31. The van der Waals surface area contributed by atoms with Crippen LogP contribution in [0.3, 0.4) is 0 Å². The van der Waals surface area contributed by atoms with Crippen LogP contribution in [0.1, 0.15) is 20.1 Å². The number of carbonyl (C=O) groups is 1. The zero-order chi connectivity index (χ0) is 9.26. The van der Waals surface area contributed by atoms with Crippen LogP contribution in [-0.2, 0) is 13.0 Å². The number of nitrogens with one attached hydrogen (secondary N) is 2. The summed E-state index contributed by atoms with van der Waals surface area (Å²) in [6.07, 6.45) is 1.05. The van der Waals surface area contributed by atoms with E-state index in [1.807, 2.05) is 6.07 Å². The Morgan fingerprint density at radius 3 is 3.23 bits per heavy atom. The van der Waals surface area contributed by atoms with Crippen LogP contribution in [0, 0.1) is 0 Å². The molecular formula is C9H12N2OS. The van der Waals surface area contributed by atoms with E-state index < -0.39 is 0 Å². The molecule has 3 nitrogen and oxygen atoms in total. The van der Waals surface area contributed by atoms with E-state index in [1.54, 1.807) is 18.4 Å². The molecule has 1 aliphatic rings. The molecule has 0 atom stereocenters. The smallest absolute Gasteiger partial charge is 0.261 e. The number of fused-ring (bicyclic) bond motifs is 1. The van der Waals surface area contributed by atoms with Crippen molar-refractivity contribution in [1.82, 2.24) is 10.6 Å². The molecule has 13 heavy (non-hydrogen) atoms. The Kier molecular flexibility index (Phi) is 2.33. The van der Waals surface area contributed by atoms with Gasteiger partial charge in [-0.3, -0.25) is 4.79 Å². The Morgan fingerprint density at radius 1 is 1.69 bits per heavy atom. The third kappa shape index (κ3) is 1.59. The molecule has 1 aliphatic heterocycles. The molecule has 1 aromatic rings. The summed E-state index contributed by atoms with van der Waals surface area (Å²) in [6, 6.07) is 1.99. The lowest BCUT2D eigenvalue weighted by Crippen LogP contribution is -2.21. The lowest BCUT2D eigenvalue weighted by Gasteiger charge is -2.10. The molecule has 2 rings (SSSR count). The summed E-state index contributed by atoms with van der Waals surface area (Å²) < 4.78 is 0. The summed E-state index contributed by atoms with van der Waals surface area (Å²) >= 11 is 1.62. The molecule has 0 saturated carbocycles. The molecule has 2 heterocycles. The van der Waals surface area contributed by atoms with E-state index in [4.69, 9.17) is 0 Å². The van der Waals surface area contributed by atoms with Gasteiger partial charge in [0.2, 0.25) is 0 Å². The third-order valence-corrected chi connectivity index (χ3v) is 3.43. The van der Waals surface area contributed by atoms with Crippen LogP contribution in [-0.4, -0.2) is 19.5 Å². The van der Waals surface area contributed by atoms with Gasteiger partial charge in [-0.25, -0.2) is 0 Å². The molecule has 0 fully saturated rings. The van der Waals surface area contributed by atoms with Gasteiger partial charge in [-0.2, -0.15) is 0 Å². The highest BCUT2D eigenvalue weighted by molar-refractivity contribution is 7.14. The highest BCUT2D eigenvalue weighted by atomic mass is 32.1. The number of hydrogen-bond acceptors (Lipinski definition) is 3. The first-order valence-electron chi connectivity index (χ1n) is 4.35. The van der Waals surface area contributed by atoms with Gasteiger partial charge in [-0.05, 0) is 18.1 Å². The Balaban J connectivity index is 2.30. The molecule has 0 aliphatic carbocycles. The molecule has 1 amide bonds. The van der Waals surface area contributed by atoms with Gasteiger partial charge in [0.1, 0.15) is 0 Å². The van der Waals surface area contributed by atoms with Crippen molar-refractivity contribution in [2.45, 2.75) is 13.0 Å². The highest BCUT2D eigenvalue weighted by Crippen LogP contribution is 2.24. The fourth-order valence-electron chi connectivity index (χ4n) is 1.49. The maximum Gasteiger partial charge on any atom is 0.261 e. The number of hydrogen-bond donors (Lipinski definition) is 2. The second-order valence-electron chi connectivity index (χ2n) is 3.06. The molecule has 0 aromatic carbocycles. The van der Waals surface area contributed by atoms with Crippen LogP contribution in [0.25, 0.3) is 0 Å². The maximum atomic E-state index is 11.3. The molecule has 0 unspecified atom stereocenters. The normalized spacial score (nSPS) is 15.2. The van der Waals surface area contributed by atoms with Crippen molar-refractivity contribution in [3.63, 3.8) is 0 Å². The van der Waals surface area contributed by atoms with Crippen molar-refractivity contribution < 1.29 is 4.79 Å². The number of amides is 1. The predicted octanol–water partition coefficient (Wildman–Crippen LogP) is 0.753. The standard InChI is InChI=1S/C9H12N2OS/c1-10-9(12)8-4-6-5-11-3-2-7(6)13-8/h4,11H,2-3,5H2,1H3,(H,10,12). The summed E-state index contributed by atoms with van der Waals surface area (Å²) in [7, 11) is 1.67. The molecule has 2 N–H and O–H groups in total. The highest BCUT2D eigenvalue weighted by Gasteiger charge is 2.15. The predicted molar refractivity (Wildman–Crippen MR) is 53.1 cm³/mol. The third-order valence-electron chi connectivity index (χ3n) is 2.19. The van der Waals surface area contributed by atoms with Crippen molar-refractivity contribution in [3.8, 4) is 0 Å². The summed E-state index contributed by atoms with van der Waals surface area (Å²) in [5.74, 6) is 0.0272. The van der Waals surface area contributed by atoms with Gasteiger partial charge < -0.3 is 10.6 Å². The van der Waals surface area contributed by atoms with Crippen LogP contribution >= 0.6 is 11.3 Å². The van der Waals surface area contributed by atoms with Crippen molar-refractivity contribution in [2.75, 3.05) is 13.6 Å². The van der Waals surface area contributed by atoms with Crippen LogP contribution < -0.4 is 10.6 Å². The zero-order valence-electron chi connectivity index (χ0n) is 7.52. The molecule has 1 aromatic heterocycles. The molecule has 4 heteroatoms. The van der Waals surface area contributed by atoms with Gasteiger partial charge >= 0.3 is 0 Å². The quantitative estimate of drug-likeness (QED) is 0.696. The average molecular weight is 196 g/mol. The first kappa shape index (κ1) is 8.72. The SMILES string of the molecule is CNC(=O)c1cc2c(s1)CCNC2. The zero-order valence-corrected chi connectivity index (χ0v) is 8.33. The molecule has 70 valence electrons. The maximum absolute atomic E-state index is 11.3. The van der Waals surface area contributed by atoms with E-state index >= 15 is 0 Å². The van der Waals surface area contributed by atoms with E-state index in [2.05, 4.69) is 10.6 Å². The summed E-state index contributed by atoms with van der Waals surface area (Å²) in [5, 5.41) is 5.93. The fourth-order valence-corrected chi connectivity index (χ4v) is 2.62. The molecule has 0 radical (unpaired) electrons. The second kappa shape index (κ2) is 3.47. The van der Waals surface area contributed by atoms with E-state index in [1.165, 1.54) is 10.4 Å². The minimum absolute atomic E-state index is 0.0272. The molecule has 0 bridgehead atoms. The van der Waals surface area contributed by atoms with Crippen molar-refractivity contribution in [1.29, 1.82) is 0 Å².